The van der Waals surface area contributed by atoms with Crippen molar-refractivity contribution >= 4 is 11.9 Å². The van der Waals surface area contributed by atoms with Gasteiger partial charge < -0.3 is 16.2 Å². The van der Waals surface area contributed by atoms with Gasteiger partial charge in [-0.2, -0.15) is 0 Å². The van der Waals surface area contributed by atoms with Crippen molar-refractivity contribution in [1.82, 2.24) is 5.32 Å². The molecule has 2 atom stereocenters. The Balaban J connectivity index is 2.63. The molecule has 0 aliphatic carbocycles. The highest BCUT2D eigenvalue weighted by atomic mass is 16.4. The van der Waals surface area contributed by atoms with Crippen LogP contribution in [0.1, 0.15) is 25.3 Å². The molecular weight excluding hydrogens is 244 g/mol. The maximum atomic E-state index is 11.1. The van der Waals surface area contributed by atoms with Crippen molar-refractivity contribution in [1.29, 1.82) is 0 Å². The van der Waals surface area contributed by atoms with Crippen LogP contribution in [0.15, 0.2) is 30.3 Å². The SMILES string of the molecule is CCC(Cc1ccccc1)N[C@@H](CC(N)=O)C(=O)O. The molecule has 0 saturated heterocycles. The molecule has 1 amide bonds. The third kappa shape index (κ3) is 5.52. The molecule has 1 aromatic carbocycles. The summed E-state index contributed by atoms with van der Waals surface area (Å²) in [7, 11) is 0. The molecule has 19 heavy (non-hydrogen) atoms. The van der Waals surface area contributed by atoms with Crippen LogP contribution in [0.4, 0.5) is 0 Å². The maximum absolute atomic E-state index is 11.1. The Kier molecular flexibility index (Phi) is 6.02. The number of hydrogen-bond donors (Lipinski definition) is 3. The monoisotopic (exact) mass is 264 g/mol. The topological polar surface area (TPSA) is 92.4 Å². The first-order chi connectivity index (χ1) is 9.02. The van der Waals surface area contributed by atoms with Crippen molar-refractivity contribution in [2.45, 2.75) is 38.3 Å². The molecule has 5 nitrogen and oxygen atoms in total. The zero-order valence-corrected chi connectivity index (χ0v) is 11.0. The Morgan fingerprint density at radius 3 is 2.42 bits per heavy atom. The number of carbonyl (C=O) groups excluding carboxylic acids is 1. The van der Waals surface area contributed by atoms with E-state index >= 15 is 0 Å². The third-order valence-corrected chi connectivity index (χ3v) is 2.96. The lowest BCUT2D eigenvalue weighted by Crippen LogP contribution is -2.46. The zero-order chi connectivity index (χ0) is 14.3. The third-order valence-electron chi connectivity index (χ3n) is 2.96. The molecule has 0 radical (unpaired) electrons. The van der Waals surface area contributed by atoms with Gasteiger partial charge in [-0.15, -0.1) is 0 Å². The zero-order valence-electron chi connectivity index (χ0n) is 11.0. The molecule has 0 aliphatic rings. The molecule has 1 unspecified atom stereocenters. The Morgan fingerprint density at radius 1 is 1.32 bits per heavy atom. The maximum Gasteiger partial charge on any atom is 0.321 e. The number of amides is 1. The Morgan fingerprint density at radius 2 is 1.95 bits per heavy atom. The fourth-order valence-electron chi connectivity index (χ4n) is 1.92. The molecule has 0 fully saturated rings. The number of primary amides is 1. The number of nitrogens with one attached hydrogen (secondary N) is 1. The second-order valence-corrected chi connectivity index (χ2v) is 4.52. The molecule has 0 spiro atoms. The van der Waals surface area contributed by atoms with E-state index in [1.165, 1.54) is 0 Å². The average Bonchev–Trinajstić information content (AvgIpc) is 2.37. The Labute approximate surface area is 112 Å². The lowest BCUT2D eigenvalue weighted by Gasteiger charge is -2.21. The van der Waals surface area contributed by atoms with Crippen LogP contribution in [0.25, 0.3) is 0 Å². The van der Waals surface area contributed by atoms with E-state index in [4.69, 9.17) is 10.8 Å². The summed E-state index contributed by atoms with van der Waals surface area (Å²) in [5.74, 6) is -1.67. The summed E-state index contributed by atoms with van der Waals surface area (Å²) in [4.78, 5) is 21.9. The average molecular weight is 264 g/mol. The highest BCUT2D eigenvalue weighted by Gasteiger charge is 2.22. The van der Waals surface area contributed by atoms with E-state index in [2.05, 4.69) is 5.32 Å². The van der Waals surface area contributed by atoms with E-state index in [0.717, 1.165) is 18.4 Å². The van der Waals surface area contributed by atoms with E-state index in [9.17, 15) is 9.59 Å². The number of benzene rings is 1. The number of carbonyl (C=O) groups is 2. The van der Waals surface area contributed by atoms with Crippen LogP contribution in [0.3, 0.4) is 0 Å². The first-order valence-electron chi connectivity index (χ1n) is 6.34. The normalized spacial score (nSPS) is 13.7. The lowest BCUT2D eigenvalue weighted by atomic mass is 10.0. The minimum atomic E-state index is -1.05. The van der Waals surface area contributed by atoms with E-state index < -0.39 is 17.9 Å². The van der Waals surface area contributed by atoms with Gasteiger partial charge in [-0.1, -0.05) is 37.3 Å². The van der Waals surface area contributed by atoms with Gasteiger partial charge >= 0.3 is 5.97 Å². The quantitative estimate of drug-likeness (QED) is 0.651. The molecule has 1 aromatic rings. The fraction of sp³-hybridized carbons (Fsp3) is 0.429. The molecule has 0 aromatic heterocycles. The first kappa shape index (κ1) is 15.2. The van der Waals surface area contributed by atoms with Gasteiger partial charge in [-0.3, -0.25) is 9.59 Å². The smallest absolute Gasteiger partial charge is 0.321 e. The summed E-state index contributed by atoms with van der Waals surface area (Å²) in [5, 5.41) is 12.0. The molecule has 0 aliphatic heterocycles. The van der Waals surface area contributed by atoms with E-state index in [1.54, 1.807) is 0 Å². The number of nitrogens with two attached hydrogens (primary N) is 1. The fourth-order valence-corrected chi connectivity index (χ4v) is 1.92. The minimum absolute atomic E-state index is 0.00264. The van der Waals surface area contributed by atoms with Gasteiger partial charge in [0.2, 0.25) is 5.91 Å². The van der Waals surface area contributed by atoms with Gasteiger partial charge in [-0.25, -0.2) is 0 Å². The van der Waals surface area contributed by atoms with Gasteiger partial charge in [0.1, 0.15) is 6.04 Å². The molecule has 0 bridgehead atoms. The molecular formula is C14H20N2O3. The number of carboxylic acid groups (broad SMARTS) is 1. The second kappa shape index (κ2) is 7.53. The van der Waals surface area contributed by atoms with Crippen LogP contribution >= 0.6 is 0 Å². The molecule has 0 heterocycles. The molecule has 4 N–H and O–H groups in total. The minimum Gasteiger partial charge on any atom is -0.480 e. The van der Waals surface area contributed by atoms with Crippen molar-refractivity contribution in [2.75, 3.05) is 0 Å². The van der Waals surface area contributed by atoms with Crippen LogP contribution in [-0.2, 0) is 16.0 Å². The van der Waals surface area contributed by atoms with Gasteiger partial charge in [0, 0.05) is 6.04 Å². The number of hydrogen-bond acceptors (Lipinski definition) is 3. The van der Waals surface area contributed by atoms with Crippen molar-refractivity contribution < 1.29 is 14.7 Å². The summed E-state index contributed by atoms with van der Waals surface area (Å²) in [5.41, 5.74) is 6.19. The predicted molar refractivity (Wildman–Crippen MR) is 72.6 cm³/mol. The Bertz CT molecular complexity index is 420. The largest absolute Gasteiger partial charge is 0.480 e. The first-order valence-corrected chi connectivity index (χ1v) is 6.34. The van der Waals surface area contributed by atoms with Crippen molar-refractivity contribution in [3.8, 4) is 0 Å². The van der Waals surface area contributed by atoms with E-state index in [1.807, 2.05) is 37.3 Å². The van der Waals surface area contributed by atoms with E-state index in [-0.39, 0.29) is 12.5 Å². The van der Waals surface area contributed by atoms with Crippen LogP contribution in [0.2, 0.25) is 0 Å². The molecule has 5 heteroatoms. The summed E-state index contributed by atoms with van der Waals surface area (Å²) in [6, 6.07) is 8.89. The van der Waals surface area contributed by atoms with Crippen molar-refractivity contribution in [3.63, 3.8) is 0 Å². The number of carboxylic acids is 1. The van der Waals surface area contributed by atoms with Crippen LogP contribution in [0, 0.1) is 0 Å². The predicted octanol–water partition coefficient (Wildman–Crippen LogP) is 0.926. The number of aliphatic carboxylic acids is 1. The highest BCUT2D eigenvalue weighted by Crippen LogP contribution is 2.07. The van der Waals surface area contributed by atoms with Gasteiger partial charge in [-0.05, 0) is 18.4 Å². The second-order valence-electron chi connectivity index (χ2n) is 4.52. The van der Waals surface area contributed by atoms with Gasteiger partial charge in [0.05, 0.1) is 6.42 Å². The van der Waals surface area contributed by atoms with Crippen LogP contribution < -0.4 is 11.1 Å². The van der Waals surface area contributed by atoms with E-state index in [0.29, 0.717) is 0 Å². The van der Waals surface area contributed by atoms with Crippen LogP contribution in [0.5, 0.6) is 0 Å². The summed E-state index contributed by atoms with van der Waals surface area (Å²) in [6.07, 6.45) is 1.30. The van der Waals surface area contributed by atoms with Gasteiger partial charge in [0.15, 0.2) is 0 Å². The van der Waals surface area contributed by atoms with Crippen molar-refractivity contribution in [2.24, 2.45) is 5.73 Å². The van der Waals surface area contributed by atoms with Gasteiger partial charge in [0.25, 0.3) is 0 Å². The van der Waals surface area contributed by atoms with Crippen molar-refractivity contribution in [3.05, 3.63) is 35.9 Å². The Hall–Kier alpha value is -1.88. The standard InChI is InChI=1S/C14H20N2O3/c1-2-11(8-10-6-4-3-5-7-10)16-12(14(18)19)9-13(15)17/h3-7,11-12,16H,2,8-9H2,1H3,(H2,15,17)(H,18,19)/t11?,12-/m0/s1. The van der Waals surface area contributed by atoms with Crippen LogP contribution in [-0.4, -0.2) is 29.1 Å². The number of rotatable bonds is 8. The summed E-state index contributed by atoms with van der Waals surface area (Å²) >= 11 is 0. The molecule has 1 rings (SSSR count). The molecule has 104 valence electrons. The summed E-state index contributed by atoms with van der Waals surface area (Å²) < 4.78 is 0. The molecule has 0 saturated carbocycles. The highest BCUT2D eigenvalue weighted by molar-refractivity contribution is 5.83. The lowest BCUT2D eigenvalue weighted by molar-refractivity contribution is -0.141. The summed E-state index contributed by atoms with van der Waals surface area (Å²) in [6.45, 7) is 1.98.